The summed E-state index contributed by atoms with van der Waals surface area (Å²) in [5.41, 5.74) is 0. The topological polar surface area (TPSA) is 64.0 Å². The molecule has 0 aliphatic rings. The normalized spacial score (nSPS) is 14.1. The molecular weight excluding hydrogens is 282 g/mol. The van der Waals surface area contributed by atoms with Crippen LogP contribution in [-0.4, -0.2) is 29.6 Å². The summed E-state index contributed by atoms with van der Waals surface area (Å²) in [6.45, 7) is 2.37. The minimum Gasteiger partial charge on any atom is -0.274 e. The Bertz CT molecular complexity index is 415. The minimum atomic E-state index is -3.41. The molecule has 1 atom stereocenters. The van der Waals surface area contributed by atoms with Gasteiger partial charge >= 0.3 is 0 Å². The van der Waals surface area contributed by atoms with Crippen molar-refractivity contribution in [1.29, 1.82) is 0 Å². The number of rotatable bonds is 5. The molecule has 0 spiro atoms. The van der Waals surface area contributed by atoms with Crippen LogP contribution in [0.2, 0.25) is 0 Å². The van der Waals surface area contributed by atoms with Gasteiger partial charge in [-0.2, -0.15) is 5.10 Å². The van der Waals surface area contributed by atoms with Gasteiger partial charge in [-0.05, 0) is 6.42 Å². The van der Waals surface area contributed by atoms with E-state index in [0.29, 0.717) is 6.54 Å². The molecule has 1 unspecified atom stereocenters. The van der Waals surface area contributed by atoms with Gasteiger partial charge in [-0.15, -0.1) is 0 Å². The molecule has 0 aliphatic carbocycles. The summed E-state index contributed by atoms with van der Waals surface area (Å²) in [7, 11) is -1.73. The van der Waals surface area contributed by atoms with Crippen molar-refractivity contribution in [3.05, 3.63) is 12.4 Å². The third-order valence-corrected chi connectivity index (χ3v) is 4.28. The van der Waals surface area contributed by atoms with Gasteiger partial charge in [-0.25, -0.2) is 13.1 Å². The van der Waals surface area contributed by atoms with E-state index in [9.17, 15) is 8.42 Å². The minimum absolute atomic E-state index is 0.156. The summed E-state index contributed by atoms with van der Waals surface area (Å²) >= 11 is 3.36. The summed E-state index contributed by atoms with van der Waals surface area (Å²) in [5.74, 6) is 0. The first-order valence-electron chi connectivity index (χ1n) is 4.58. The Morgan fingerprint density at radius 2 is 2.33 bits per heavy atom. The van der Waals surface area contributed by atoms with Crippen LogP contribution in [0.3, 0.4) is 0 Å². The molecule has 1 heterocycles. The largest absolute Gasteiger partial charge is 0.274 e. The zero-order valence-electron chi connectivity index (χ0n) is 8.64. The van der Waals surface area contributed by atoms with Crippen molar-refractivity contribution in [2.75, 3.05) is 6.54 Å². The Balaban J connectivity index is 2.68. The van der Waals surface area contributed by atoms with E-state index in [1.807, 2.05) is 6.92 Å². The molecule has 7 heteroatoms. The molecule has 1 rings (SSSR count). The van der Waals surface area contributed by atoms with E-state index in [0.717, 1.165) is 6.42 Å². The number of hydrogen-bond acceptors (Lipinski definition) is 3. The van der Waals surface area contributed by atoms with Crippen LogP contribution < -0.4 is 4.72 Å². The molecule has 1 aromatic heterocycles. The fourth-order valence-corrected chi connectivity index (χ4v) is 2.41. The van der Waals surface area contributed by atoms with Crippen molar-refractivity contribution in [3.8, 4) is 0 Å². The highest BCUT2D eigenvalue weighted by atomic mass is 79.9. The van der Waals surface area contributed by atoms with Crippen LogP contribution in [0.25, 0.3) is 0 Å². The third-order valence-electron chi connectivity index (χ3n) is 1.93. The number of nitrogens with zero attached hydrogens (tertiary/aromatic N) is 2. The highest BCUT2D eigenvalue weighted by Gasteiger charge is 2.16. The molecule has 0 amide bonds. The second-order valence-corrected chi connectivity index (χ2v) is 6.27. The summed E-state index contributed by atoms with van der Waals surface area (Å²) in [4.78, 5) is 0.352. The lowest BCUT2D eigenvalue weighted by Crippen LogP contribution is -2.29. The van der Waals surface area contributed by atoms with E-state index in [1.54, 1.807) is 7.05 Å². The smallest absolute Gasteiger partial charge is 0.243 e. The molecule has 15 heavy (non-hydrogen) atoms. The highest BCUT2D eigenvalue weighted by molar-refractivity contribution is 9.09. The SMILES string of the molecule is CCC(Br)CNS(=O)(=O)c1cnn(C)c1. The molecule has 0 fully saturated rings. The van der Waals surface area contributed by atoms with Gasteiger partial charge in [0.2, 0.25) is 10.0 Å². The fourth-order valence-electron chi connectivity index (χ4n) is 0.965. The zero-order chi connectivity index (χ0) is 11.5. The Hall–Kier alpha value is -0.400. The maximum atomic E-state index is 11.7. The zero-order valence-corrected chi connectivity index (χ0v) is 11.0. The van der Waals surface area contributed by atoms with Crippen molar-refractivity contribution < 1.29 is 8.42 Å². The fraction of sp³-hybridized carbons (Fsp3) is 0.625. The van der Waals surface area contributed by atoms with E-state index in [1.165, 1.54) is 17.1 Å². The van der Waals surface area contributed by atoms with Gasteiger partial charge in [0, 0.05) is 24.6 Å². The first kappa shape index (κ1) is 12.7. The predicted octanol–water partition coefficient (Wildman–Crippen LogP) is 0.872. The van der Waals surface area contributed by atoms with E-state index in [4.69, 9.17) is 0 Å². The summed E-state index contributed by atoms with van der Waals surface area (Å²) in [6.07, 6.45) is 3.67. The van der Waals surface area contributed by atoms with E-state index in [-0.39, 0.29) is 9.72 Å². The van der Waals surface area contributed by atoms with Crippen LogP contribution in [0.1, 0.15) is 13.3 Å². The van der Waals surface area contributed by atoms with Crippen LogP contribution in [0, 0.1) is 0 Å². The molecule has 86 valence electrons. The number of alkyl halides is 1. The van der Waals surface area contributed by atoms with Crippen LogP contribution in [0.5, 0.6) is 0 Å². The number of nitrogens with one attached hydrogen (secondary N) is 1. The summed E-state index contributed by atoms with van der Waals surface area (Å²) < 4.78 is 27.3. The van der Waals surface area contributed by atoms with Crippen molar-refractivity contribution in [3.63, 3.8) is 0 Å². The quantitative estimate of drug-likeness (QED) is 0.820. The van der Waals surface area contributed by atoms with Crippen molar-refractivity contribution in [2.24, 2.45) is 7.05 Å². The molecule has 5 nitrogen and oxygen atoms in total. The Labute approximate surface area is 98.0 Å². The highest BCUT2D eigenvalue weighted by Crippen LogP contribution is 2.08. The average molecular weight is 296 g/mol. The molecule has 0 radical (unpaired) electrons. The van der Waals surface area contributed by atoms with Crippen LogP contribution in [0.15, 0.2) is 17.3 Å². The van der Waals surface area contributed by atoms with E-state index in [2.05, 4.69) is 25.8 Å². The Kier molecular flexibility index (Phi) is 4.30. The lowest BCUT2D eigenvalue weighted by molar-refractivity contribution is 0.579. The van der Waals surface area contributed by atoms with Crippen molar-refractivity contribution in [2.45, 2.75) is 23.1 Å². The number of hydrogen-bond donors (Lipinski definition) is 1. The number of halogens is 1. The molecule has 0 aliphatic heterocycles. The van der Waals surface area contributed by atoms with Crippen LogP contribution in [0.4, 0.5) is 0 Å². The van der Waals surface area contributed by atoms with Gasteiger partial charge in [0.05, 0.1) is 6.20 Å². The maximum Gasteiger partial charge on any atom is 0.243 e. The van der Waals surface area contributed by atoms with Gasteiger partial charge in [-0.3, -0.25) is 4.68 Å². The van der Waals surface area contributed by atoms with E-state index >= 15 is 0 Å². The Morgan fingerprint density at radius 1 is 1.67 bits per heavy atom. The lowest BCUT2D eigenvalue weighted by Gasteiger charge is -2.07. The monoisotopic (exact) mass is 295 g/mol. The number of aromatic nitrogens is 2. The van der Waals surface area contributed by atoms with E-state index < -0.39 is 10.0 Å². The van der Waals surface area contributed by atoms with Gasteiger partial charge in [0.15, 0.2) is 0 Å². The van der Waals surface area contributed by atoms with Crippen molar-refractivity contribution in [1.82, 2.24) is 14.5 Å². The molecular formula is C8H14BrN3O2S. The standard InChI is InChI=1S/C8H14BrN3O2S/c1-3-7(9)4-11-15(13,14)8-5-10-12(2)6-8/h5-7,11H,3-4H2,1-2H3. The number of sulfonamides is 1. The molecule has 0 aromatic carbocycles. The first-order chi connectivity index (χ1) is 6.95. The molecule has 0 bridgehead atoms. The average Bonchev–Trinajstić information content (AvgIpc) is 2.62. The maximum absolute atomic E-state index is 11.7. The Morgan fingerprint density at radius 3 is 2.80 bits per heavy atom. The van der Waals surface area contributed by atoms with Gasteiger partial charge < -0.3 is 0 Å². The first-order valence-corrected chi connectivity index (χ1v) is 6.98. The molecule has 0 saturated heterocycles. The van der Waals surface area contributed by atoms with Crippen LogP contribution in [-0.2, 0) is 17.1 Å². The third kappa shape index (κ3) is 3.58. The van der Waals surface area contributed by atoms with Crippen LogP contribution >= 0.6 is 15.9 Å². The predicted molar refractivity (Wildman–Crippen MR) is 61.4 cm³/mol. The van der Waals surface area contributed by atoms with Gasteiger partial charge in [0.1, 0.15) is 4.90 Å². The second kappa shape index (κ2) is 5.09. The summed E-state index contributed by atoms with van der Waals surface area (Å²) in [5, 5.41) is 3.82. The number of aryl methyl sites for hydroxylation is 1. The second-order valence-electron chi connectivity index (χ2n) is 3.21. The lowest BCUT2D eigenvalue weighted by atomic mass is 10.3. The molecule has 1 N–H and O–H groups in total. The van der Waals surface area contributed by atoms with Gasteiger partial charge in [-0.1, -0.05) is 22.9 Å². The van der Waals surface area contributed by atoms with Crippen molar-refractivity contribution >= 4 is 26.0 Å². The molecule has 1 aromatic rings. The van der Waals surface area contributed by atoms with Gasteiger partial charge in [0.25, 0.3) is 0 Å². The molecule has 0 saturated carbocycles. The summed E-state index contributed by atoms with van der Waals surface area (Å²) in [6, 6.07) is 0.